The van der Waals surface area contributed by atoms with Crippen molar-refractivity contribution < 1.29 is 14.3 Å². The number of benzene rings is 2. The van der Waals surface area contributed by atoms with E-state index in [2.05, 4.69) is 5.32 Å². The van der Waals surface area contributed by atoms with Gasteiger partial charge in [0.1, 0.15) is 5.75 Å². The SMILES string of the molecule is CC(=O)Nc1ccccc1Oc1cc(N)ccc1C(N)=O. The van der Waals surface area contributed by atoms with Crippen LogP contribution >= 0.6 is 0 Å². The molecule has 0 aliphatic rings. The fourth-order valence-corrected chi connectivity index (χ4v) is 1.79. The third kappa shape index (κ3) is 3.50. The minimum atomic E-state index is -0.623. The molecular weight excluding hydrogens is 270 g/mol. The van der Waals surface area contributed by atoms with E-state index in [-0.39, 0.29) is 17.2 Å². The van der Waals surface area contributed by atoms with Crippen LogP contribution in [0.1, 0.15) is 17.3 Å². The predicted molar refractivity (Wildman–Crippen MR) is 80.2 cm³/mol. The number of anilines is 2. The van der Waals surface area contributed by atoms with E-state index < -0.39 is 5.91 Å². The van der Waals surface area contributed by atoms with Crippen LogP contribution in [-0.2, 0) is 4.79 Å². The first-order valence-electron chi connectivity index (χ1n) is 6.21. The number of primary amides is 1. The van der Waals surface area contributed by atoms with Gasteiger partial charge in [-0.1, -0.05) is 12.1 Å². The highest BCUT2D eigenvalue weighted by molar-refractivity contribution is 5.96. The second-order valence-electron chi connectivity index (χ2n) is 4.40. The lowest BCUT2D eigenvalue weighted by molar-refractivity contribution is -0.114. The van der Waals surface area contributed by atoms with Gasteiger partial charge < -0.3 is 21.5 Å². The van der Waals surface area contributed by atoms with Crippen molar-refractivity contribution >= 4 is 23.2 Å². The Morgan fingerprint density at radius 2 is 1.81 bits per heavy atom. The third-order valence-corrected chi connectivity index (χ3v) is 2.69. The largest absolute Gasteiger partial charge is 0.454 e. The van der Waals surface area contributed by atoms with Gasteiger partial charge in [-0.25, -0.2) is 0 Å². The number of rotatable bonds is 4. The molecule has 2 amide bonds. The van der Waals surface area contributed by atoms with E-state index in [1.807, 2.05) is 0 Å². The summed E-state index contributed by atoms with van der Waals surface area (Å²) in [5, 5.41) is 2.65. The maximum Gasteiger partial charge on any atom is 0.252 e. The number of amides is 2. The molecule has 0 atom stereocenters. The van der Waals surface area contributed by atoms with Crippen molar-refractivity contribution in [3.63, 3.8) is 0 Å². The minimum absolute atomic E-state index is 0.210. The fraction of sp³-hybridized carbons (Fsp3) is 0.0667. The first-order chi connectivity index (χ1) is 9.97. The summed E-state index contributed by atoms with van der Waals surface area (Å²) in [7, 11) is 0. The highest BCUT2D eigenvalue weighted by Gasteiger charge is 2.13. The van der Waals surface area contributed by atoms with Gasteiger partial charge >= 0.3 is 0 Å². The van der Waals surface area contributed by atoms with Crippen LogP contribution < -0.4 is 21.5 Å². The molecule has 2 aromatic carbocycles. The summed E-state index contributed by atoms with van der Waals surface area (Å²) in [6.07, 6.45) is 0. The first-order valence-corrected chi connectivity index (χ1v) is 6.21. The Balaban J connectivity index is 2.40. The third-order valence-electron chi connectivity index (χ3n) is 2.69. The second-order valence-corrected chi connectivity index (χ2v) is 4.40. The van der Waals surface area contributed by atoms with Crippen molar-refractivity contribution in [2.24, 2.45) is 5.73 Å². The van der Waals surface area contributed by atoms with Crippen molar-refractivity contribution in [2.75, 3.05) is 11.1 Å². The number of carbonyl (C=O) groups excluding carboxylic acids is 2. The van der Waals surface area contributed by atoms with Gasteiger partial charge in [0.25, 0.3) is 5.91 Å². The molecule has 0 aliphatic heterocycles. The molecule has 6 heteroatoms. The van der Waals surface area contributed by atoms with E-state index in [4.69, 9.17) is 16.2 Å². The van der Waals surface area contributed by atoms with Crippen LogP contribution in [0.2, 0.25) is 0 Å². The molecule has 0 saturated heterocycles. The molecule has 0 aromatic heterocycles. The summed E-state index contributed by atoms with van der Waals surface area (Å²) < 4.78 is 5.69. The van der Waals surface area contributed by atoms with Gasteiger partial charge in [0, 0.05) is 18.7 Å². The normalized spacial score (nSPS) is 9.95. The molecule has 108 valence electrons. The standard InChI is InChI=1S/C15H15N3O3/c1-9(19)18-12-4-2-3-5-13(12)21-14-8-10(16)6-7-11(14)15(17)20/h2-8H,16H2,1H3,(H2,17,20)(H,18,19). The van der Waals surface area contributed by atoms with Crippen LogP contribution in [-0.4, -0.2) is 11.8 Å². The number of carbonyl (C=O) groups is 2. The average Bonchev–Trinajstić information content (AvgIpc) is 2.40. The monoisotopic (exact) mass is 285 g/mol. The van der Waals surface area contributed by atoms with Crippen molar-refractivity contribution in [2.45, 2.75) is 6.92 Å². The van der Waals surface area contributed by atoms with Gasteiger partial charge in [0.15, 0.2) is 5.75 Å². The van der Waals surface area contributed by atoms with Gasteiger partial charge in [-0.05, 0) is 24.3 Å². The highest BCUT2D eigenvalue weighted by Crippen LogP contribution is 2.32. The second kappa shape index (κ2) is 5.96. The molecule has 2 rings (SSSR count). The molecule has 5 N–H and O–H groups in total. The summed E-state index contributed by atoms with van der Waals surface area (Å²) in [6, 6.07) is 11.4. The Morgan fingerprint density at radius 1 is 1.10 bits per heavy atom. The van der Waals surface area contributed by atoms with Gasteiger partial charge in [0.2, 0.25) is 5.91 Å². The molecule has 0 bridgehead atoms. The smallest absolute Gasteiger partial charge is 0.252 e. The molecular formula is C15H15N3O3. The number of para-hydroxylation sites is 2. The number of hydrogen-bond acceptors (Lipinski definition) is 4. The lowest BCUT2D eigenvalue weighted by Crippen LogP contribution is -2.13. The first kappa shape index (κ1) is 14.4. The molecule has 0 unspecified atom stereocenters. The van der Waals surface area contributed by atoms with Crippen LogP contribution in [0.15, 0.2) is 42.5 Å². The lowest BCUT2D eigenvalue weighted by Gasteiger charge is -2.13. The molecule has 0 aliphatic carbocycles. The maximum atomic E-state index is 11.4. The van der Waals surface area contributed by atoms with Crippen molar-refractivity contribution in [3.05, 3.63) is 48.0 Å². The molecule has 0 fully saturated rings. The summed E-state index contributed by atoms with van der Waals surface area (Å²) in [5.74, 6) is -0.225. The fourth-order valence-electron chi connectivity index (χ4n) is 1.79. The predicted octanol–water partition coefficient (Wildman–Crippen LogP) is 2.12. The van der Waals surface area contributed by atoms with E-state index in [1.54, 1.807) is 30.3 Å². The summed E-state index contributed by atoms with van der Waals surface area (Å²) in [5.41, 5.74) is 12.1. The van der Waals surface area contributed by atoms with E-state index >= 15 is 0 Å². The van der Waals surface area contributed by atoms with Gasteiger partial charge in [-0.2, -0.15) is 0 Å². The van der Waals surface area contributed by atoms with E-state index in [0.717, 1.165) is 0 Å². The Morgan fingerprint density at radius 3 is 2.48 bits per heavy atom. The molecule has 0 saturated carbocycles. The van der Waals surface area contributed by atoms with Crippen LogP contribution in [0.25, 0.3) is 0 Å². The Bertz CT molecular complexity index is 698. The summed E-state index contributed by atoms with van der Waals surface area (Å²) in [4.78, 5) is 22.6. The topological polar surface area (TPSA) is 107 Å². The van der Waals surface area contributed by atoms with Crippen LogP contribution in [0.5, 0.6) is 11.5 Å². The lowest BCUT2D eigenvalue weighted by atomic mass is 10.1. The molecule has 0 spiro atoms. The summed E-state index contributed by atoms with van der Waals surface area (Å²) >= 11 is 0. The van der Waals surface area contributed by atoms with Crippen molar-refractivity contribution in [3.8, 4) is 11.5 Å². The molecule has 2 aromatic rings. The minimum Gasteiger partial charge on any atom is -0.454 e. The number of nitrogen functional groups attached to an aromatic ring is 1. The van der Waals surface area contributed by atoms with Gasteiger partial charge in [0.05, 0.1) is 11.3 Å². The number of ether oxygens (including phenoxy) is 1. The van der Waals surface area contributed by atoms with Crippen molar-refractivity contribution in [1.29, 1.82) is 0 Å². The number of nitrogens with one attached hydrogen (secondary N) is 1. The summed E-state index contributed by atoms with van der Waals surface area (Å²) in [6.45, 7) is 1.39. The van der Waals surface area contributed by atoms with Gasteiger partial charge in [-0.15, -0.1) is 0 Å². The quantitative estimate of drug-likeness (QED) is 0.748. The Hall–Kier alpha value is -3.02. The number of nitrogens with two attached hydrogens (primary N) is 2. The zero-order valence-corrected chi connectivity index (χ0v) is 11.4. The molecule has 6 nitrogen and oxygen atoms in total. The van der Waals surface area contributed by atoms with E-state index in [1.165, 1.54) is 19.1 Å². The molecule has 21 heavy (non-hydrogen) atoms. The van der Waals surface area contributed by atoms with Crippen LogP contribution in [0, 0.1) is 0 Å². The zero-order chi connectivity index (χ0) is 15.4. The van der Waals surface area contributed by atoms with E-state index in [0.29, 0.717) is 17.1 Å². The van der Waals surface area contributed by atoms with Crippen LogP contribution in [0.4, 0.5) is 11.4 Å². The van der Waals surface area contributed by atoms with E-state index in [9.17, 15) is 9.59 Å². The number of hydrogen-bond donors (Lipinski definition) is 3. The van der Waals surface area contributed by atoms with Crippen molar-refractivity contribution in [1.82, 2.24) is 0 Å². The molecule has 0 heterocycles. The maximum absolute atomic E-state index is 11.4. The zero-order valence-electron chi connectivity index (χ0n) is 11.4. The highest BCUT2D eigenvalue weighted by atomic mass is 16.5. The Kier molecular flexibility index (Phi) is 4.08. The van der Waals surface area contributed by atoms with Gasteiger partial charge in [-0.3, -0.25) is 9.59 Å². The average molecular weight is 285 g/mol. The Labute approximate surface area is 121 Å². The molecule has 0 radical (unpaired) electrons. The van der Waals surface area contributed by atoms with Crippen LogP contribution in [0.3, 0.4) is 0 Å².